The van der Waals surface area contributed by atoms with E-state index in [4.69, 9.17) is 4.74 Å². The molecule has 0 fully saturated rings. The molecular formula is C20H18FNO5S. The Labute approximate surface area is 162 Å². The highest BCUT2D eigenvalue weighted by Gasteiger charge is 2.31. The first-order valence-corrected chi connectivity index (χ1v) is 10.2. The van der Waals surface area contributed by atoms with Crippen molar-refractivity contribution in [3.63, 3.8) is 0 Å². The molecule has 2 aromatic carbocycles. The second kappa shape index (κ2) is 8.35. The van der Waals surface area contributed by atoms with Crippen LogP contribution in [-0.4, -0.2) is 38.7 Å². The summed E-state index contributed by atoms with van der Waals surface area (Å²) in [5.41, 5.74) is 1.07. The average molecular weight is 403 g/mol. The van der Waals surface area contributed by atoms with E-state index in [0.717, 1.165) is 5.41 Å². The van der Waals surface area contributed by atoms with Gasteiger partial charge in [0.2, 0.25) is 0 Å². The van der Waals surface area contributed by atoms with Gasteiger partial charge in [-0.2, -0.15) is 0 Å². The summed E-state index contributed by atoms with van der Waals surface area (Å²) in [4.78, 5) is 26.0. The summed E-state index contributed by atoms with van der Waals surface area (Å²) < 4.78 is 41.5. The van der Waals surface area contributed by atoms with Gasteiger partial charge in [0.1, 0.15) is 5.82 Å². The topological polar surface area (TPSA) is 80.8 Å². The number of para-hydroxylation sites is 1. The Morgan fingerprint density at radius 2 is 1.75 bits per heavy atom. The van der Waals surface area contributed by atoms with Crippen LogP contribution in [0.2, 0.25) is 0 Å². The van der Waals surface area contributed by atoms with Gasteiger partial charge in [0, 0.05) is 11.1 Å². The summed E-state index contributed by atoms with van der Waals surface area (Å²) in [5, 5.41) is 1.08. The van der Waals surface area contributed by atoms with E-state index in [9.17, 15) is 22.4 Å². The molecule has 0 unspecified atom stereocenters. The highest BCUT2D eigenvalue weighted by atomic mass is 32.2. The molecule has 6 nitrogen and oxygen atoms in total. The van der Waals surface area contributed by atoms with Crippen LogP contribution in [0.25, 0.3) is 0 Å². The number of carbonyl (C=O) groups excluding carboxylic acids is 2. The minimum Gasteiger partial charge on any atom is -0.455 e. The fourth-order valence-corrected chi connectivity index (χ4v) is 4.13. The average Bonchev–Trinajstić information content (AvgIpc) is 3.02. The Bertz CT molecular complexity index is 987. The fraction of sp³-hybridized carbons (Fsp3) is 0.200. The quantitative estimate of drug-likeness (QED) is 0.691. The molecule has 1 aliphatic rings. The monoisotopic (exact) mass is 403 g/mol. The van der Waals surface area contributed by atoms with Gasteiger partial charge in [-0.1, -0.05) is 30.3 Å². The van der Waals surface area contributed by atoms with Crippen LogP contribution >= 0.6 is 0 Å². The molecule has 0 N–H and O–H groups in total. The maximum Gasteiger partial charge on any atom is 0.310 e. The first-order chi connectivity index (χ1) is 13.3. The van der Waals surface area contributed by atoms with Crippen LogP contribution < -0.4 is 4.90 Å². The normalized spacial score (nSPS) is 17.2. The zero-order valence-electron chi connectivity index (χ0n) is 14.8. The van der Waals surface area contributed by atoms with Gasteiger partial charge in [-0.25, -0.2) is 12.8 Å². The number of hydrogen-bond acceptors (Lipinski definition) is 5. The van der Waals surface area contributed by atoms with E-state index in [-0.39, 0.29) is 12.2 Å². The number of rotatable bonds is 6. The van der Waals surface area contributed by atoms with Gasteiger partial charge in [-0.3, -0.25) is 9.59 Å². The van der Waals surface area contributed by atoms with Crippen molar-refractivity contribution < 1.29 is 27.1 Å². The van der Waals surface area contributed by atoms with E-state index in [1.165, 1.54) is 35.2 Å². The molecule has 1 aliphatic heterocycles. The molecule has 0 radical (unpaired) electrons. The zero-order chi connectivity index (χ0) is 20.1. The van der Waals surface area contributed by atoms with E-state index >= 15 is 0 Å². The number of hydrogen-bond donors (Lipinski definition) is 0. The lowest BCUT2D eigenvalue weighted by Gasteiger charge is -2.27. The van der Waals surface area contributed by atoms with Crippen molar-refractivity contribution in [1.82, 2.24) is 0 Å². The smallest absolute Gasteiger partial charge is 0.310 e. The van der Waals surface area contributed by atoms with Gasteiger partial charge in [0.25, 0.3) is 5.91 Å². The van der Waals surface area contributed by atoms with Gasteiger partial charge >= 0.3 is 5.97 Å². The first-order valence-electron chi connectivity index (χ1n) is 8.52. The summed E-state index contributed by atoms with van der Waals surface area (Å²) in [5.74, 6) is -1.81. The minimum atomic E-state index is -3.37. The molecule has 0 spiro atoms. The van der Waals surface area contributed by atoms with Crippen molar-refractivity contribution in [2.45, 2.75) is 12.5 Å². The Morgan fingerprint density at radius 1 is 1.07 bits per heavy atom. The van der Waals surface area contributed by atoms with Crippen LogP contribution in [0.15, 0.2) is 66.1 Å². The van der Waals surface area contributed by atoms with E-state index in [1.54, 1.807) is 30.3 Å². The van der Waals surface area contributed by atoms with Gasteiger partial charge in [-0.05, 0) is 35.9 Å². The predicted molar refractivity (Wildman–Crippen MR) is 102 cm³/mol. The number of amides is 1. The highest BCUT2D eigenvalue weighted by Crippen LogP contribution is 2.22. The number of nitrogens with zero attached hydrogens (tertiary/aromatic N) is 1. The molecule has 0 aromatic heterocycles. The zero-order valence-corrected chi connectivity index (χ0v) is 15.6. The van der Waals surface area contributed by atoms with Crippen LogP contribution in [-0.2, 0) is 30.6 Å². The maximum atomic E-state index is 12.9. The molecule has 0 saturated carbocycles. The molecule has 146 valence electrons. The molecule has 1 amide bonds. The van der Waals surface area contributed by atoms with Gasteiger partial charge in [-0.15, -0.1) is 0 Å². The molecular weight excluding hydrogens is 385 g/mol. The number of halogens is 1. The maximum absolute atomic E-state index is 12.9. The summed E-state index contributed by atoms with van der Waals surface area (Å²) >= 11 is 0. The van der Waals surface area contributed by atoms with Crippen molar-refractivity contribution in [2.24, 2.45) is 0 Å². The van der Waals surface area contributed by atoms with Gasteiger partial charge < -0.3 is 9.64 Å². The van der Waals surface area contributed by atoms with Crippen molar-refractivity contribution in [3.05, 3.63) is 77.5 Å². The van der Waals surface area contributed by atoms with Crippen LogP contribution in [0.1, 0.15) is 5.56 Å². The van der Waals surface area contributed by atoms with Gasteiger partial charge in [0.15, 0.2) is 16.4 Å². The SMILES string of the molecule is O=C(Cc1ccc(F)cc1)OCC(=O)N(c1ccccc1)[C@H]1C=CS(=O)(=O)C1. The second-order valence-corrected chi connectivity index (χ2v) is 8.22. The van der Waals surface area contributed by atoms with Gasteiger partial charge in [0.05, 0.1) is 18.2 Å². The van der Waals surface area contributed by atoms with Crippen LogP contribution in [0.4, 0.5) is 10.1 Å². The molecule has 1 heterocycles. The lowest BCUT2D eigenvalue weighted by Crippen LogP contribution is -2.43. The summed E-state index contributed by atoms with van der Waals surface area (Å²) in [6.45, 7) is -0.528. The molecule has 1 atom stereocenters. The molecule has 3 rings (SSSR count). The molecule has 0 bridgehead atoms. The number of carbonyl (C=O) groups is 2. The Hall–Kier alpha value is -3.00. The Balaban J connectivity index is 1.67. The fourth-order valence-electron chi connectivity index (χ4n) is 2.86. The number of sulfone groups is 1. The van der Waals surface area contributed by atoms with Crippen LogP contribution in [0.5, 0.6) is 0 Å². The van der Waals surface area contributed by atoms with E-state index in [1.807, 2.05) is 0 Å². The standard InChI is InChI=1S/C20H18FNO5S/c21-16-8-6-15(7-9-16)12-20(24)27-13-19(23)22(17-4-2-1-3-5-17)18-10-11-28(25,26)14-18/h1-11,18H,12-14H2/t18-/m0/s1. The third-order valence-corrected chi connectivity index (χ3v) is 5.54. The summed E-state index contributed by atoms with van der Waals surface area (Å²) in [6, 6.07) is 13.3. The minimum absolute atomic E-state index is 0.101. The number of esters is 1. The molecule has 0 saturated heterocycles. The lowest BCUT2D eigenvalue weighted by molar-refractivity contribution is -0.147. The third kappa shape index (κ3) is 5.04. The summed E-state index contributed by atoms with van der Waals surface area (Å²) in [6.07, 6.45) is 1.34. The van der Waals surface area contributed by atoms with Crippen molar-refractivity contribution >= 4 is 27.4 Å². The predicted octanol–water partition coefficient (Wildman–Crippen LogP) is 2.26. The number of benzene rings is 2. The van der Waals surface area contributed by atoms with Crippen LogP contribution in [0, 0.1) is 5.82 Å². The molecule has 28 heavy (non-hydrogen) atoms. The van der Waals surface area contributed by atoms with Crippen molar-refractivity contribution in [2.75, 3.05) is 17.3 Å². The second-order valence-electron chi connectivity index (χ2n) is 6.29. The van der Waals surface area contributed by atoms with Crippen molar-refractivity contribution in [1.29, 1.82) is 0 Å². The van der Waals surface area contributed by atoms with Crippen LogP contribution in [0.3, 0.4) is 0 Å². The van der Waals surface area contributed by atoms with Crippen molar-refractivity contribution in [3.8, 4) is 0 Å². The van der Waals surface area contributed by atoms with E-state index in [2.05, 4.69) is 0 Å². The number of anilines is 1. The summed E-state index contributed by atoms with van der Waals surface area (Å²) in [7, 11) is -3.37. The Morgan fingerprint density at radius 3 is 2.36 bits per heavy atom. The van der Waals surface area contributed by atoms with E-state index < -0.39 is 40.2 Å². The molecule has 2 aromatic rings. The highest BCUT2D eigenvalue weighted by molar-refractivity contribution is 7.94. The van der Waals surface area contributed by atoms with E-state index in [0.29, 0.717) is 11.3 Å². The number of ether oxygens (including phenoxy) is 1. The molecule has 0 aliphatic carbocycles. The molecule has 8 heteroatoms. The third-order valence-electron chi connectivity index (χ3n) is 4.16. The lowest BCUT2D eigenvalue weighted by atomic mass is 10.1. The largest absolute Gasteiger partial charge is 0.455 e. The Kier molecular flexibility index (Phi) is 5.89. The first kappa shape index (κ1) is 19.8.